The zero-order valence-corrected chi connectivity index (χ0v) is 7.60. The minimum atomic E-state index is -1.15. The Hall–Kier alpha value is -0.300. The summed E-state index contributed by atoms with van der Waals surface area (Å²) in [6.45, 7) is 0.421. The van der Waals surface area contributed by atoms with Crippen molar-refractivity contribution in [1.82, 2.24) is 0 Å². The number of hydrogen-bond donors (Lipinski definition) is 2. The van der Waals surface area contributed by atoms with Crippen molar-refractivity contribution >= 4 is 0 Å². The predicted molar refractivity (Wildman–Crippen MR) is 43.4 cm³/mol. The molecule has 0 bridgehead atoms. The first-order chi connectivity index (χ1) is 6.61. The van der Waals surface area contributed by atoms with E-state index < -0.39 is 24.6 Å². The van der Waals surface area contributed by atoms with Crippen molar-refractivity contribution in [1.29, 1.82) is 0 Å². The zero-order valence-electron chi connectivity index (χ0n) is 7.60. The minimum Gasteiger partial charge on any atom is -0.388 e. The molecule has 2 rings (SSSR count). The van der Waals surface area contributed by atoms with Crippen LogP contribution in [0.5, 0.6) is 0 Å². The molecule has 2 heterocycles. The van der Waals surface area contributed by atoms with Gasteiger partial charge in [0.05, 0.1) is 26.4 Å². The van der Waals surface area contributed by atoms with Crippen molar-refractivity contribution in [3.05, 3.63) is 0 Å². The Kier molecular flexibility index (Phi) is 4.67. The maximum Gasteiger partial charge on any atom is 0.151 e. The van der Waals surface area contributed by atoms with E-state index in [4.69, 9.17) is 10.2 Å². The molecule has 0 unspecified atom stereocenters. The normalized spacial score (nSPS) is 42.0. The van der Waals surface area contributed by atoms with Gasteiger partial charge in [0.2, 0.25) is 0 Å². The Labute approximate surface area is 80.4 Å². The summed E-state index contributed by atoms with van der Waals surface area (Å²) in [5.74, 6) is 0. The van der Waals surface area contributed by atoms with Crippen molar-refractivity contribution in [2.24, 2.45) is 0 Å². The summed E-state index contributed by atoms with van der Waals surface area (Å²) >= 11 is 0. The van der Waals surface area contributed by atoms with Crippen molar-refractivity contribution in [3.8, 4) is 0 Å². The lowest BCUT2D eigenvalue weighted by Gasteiger charge is -1.97. The lowest BCUT2D eigenvalue weighted by atomic mass is 10.3. The number of halogens is 2. The number of hydrogen-bond acceptors (Lipinski definition) is 4. The van der Waals surface area contributed by atoms with E-state index in [1.165, 1.54) is 0 Å². The van der Waals surface area contributed by atoms with Crippen LogP contribution >= 0.6 is 0 Å². The van der Waals surface area contributed by atoms with Crippen molar-refractivity contribution < 1.29 is 28.5 Å². The molecule has 4 atom stereocenters. The van der Waals surface area contributed by atoms with Crippen LogP contribution in [0.15, 0.2) is 0 Å². The molecular formula is C8H14F2O4. The average Bonchev–Trinajstić information content (AvgIpc) is 2.67. The average molecular weight is 212 g/mol. The molecule has 0 radical (unpaired) electrons. The van der Waals surface area contributed by atoms with Crippen LogP contribution in [0.4, 0.5) is 8.78 Å². The van der Waals surface area contributed by atoms with E-state index in [0.29, 0.717) is 0 Å². The van der Waals surface area contributed by atoms with Crippen LogP contribution in [0, 0.1) is 0 Å². The minimum absolute atomic E-state index is 0.0567. The second-order valence-corrected chi connectivity index (χ2v) is 3.24. The second-order valence-electron chi connectivity index (χ2n) is 3.24. The van der Waals surface area contributed by atoms with E-state index in [0.717, 1.165) is 0 Å². The zero-order chi connectivity index (χ0) is 10.6. The van der Waals surface area contributed by atoms with Gasteiger partial charge in [-0.2, -0.15) is 0 Å². The lowest BCUT2D eigenvalue weighted by molar-refractivity contribution is 0.107. The molecule has 0 aromatic rings. The first-order valence-corrected chi connectivity index (χ1v) is 4.41. The van der Waals surface area contributed by atoms with Gasteiger partial charge in [-0.25, -0.2) is 8.78 Å². The third kappa shape index (κ3) is 3.45. The summed E-state index contributed by atoms with van der Waals surface area (Å²) in [6.07, 6.45) is -4.06. The smallest absolute Gasteiger partial charge is 0.151 e. The van der Waals surface area contributed by atoms with Crippen LogP contribution in [0.3, 0.4) is 0 Å². The number of aliphatic hydroxyl groups excluding tert-OH is 2. The summed E-state index contributed by atoms with van der Waals surface area (Å²) in [6, 6.07) is 0. The molecule has 2 fully saturated rings. The van der Waals surface area contributed by atoms with E-state index in [1.54, 1.807) is 0 Å². The maximum absolute atomic E-state index is 11.9. The lowest BCUT2D eigenvalue weighted by Crippen LogP contribution is -2.17. The van der Waals surface area contributed by atoms with Crippen molar-refractivity contribution in [2.45, 2.75) is 24.6 Å². The fourth-order valence-corrected chi connectivity index (χ4v) is 1.03. The number of rotatable bonds is 0. The molecule has 84 valence electrons. The standard InChI is InChI=1S/2C4H7FO2/c2*5-3-1-7-2-4(3)6/h2*3-4,6H,1-2H2/t2*3-,4-/m10/s1. The van der Waals surface area contributed by atoms with Gasteiger partial charge < -0.3 is 19.7 Å². The highest BCUT2D eigenvalue weighted by Crippen LogP contribution is 2.08. The fourth-order valence-electron chi connectivity index (χ4n) is 1.03. The van der Waals surface area contributed by atoms with E-state index in [1.807, 2.05) is 0 Å². The van der Waals surface area contributed by atoms with Gasteiger partial charge in [0.25, 0.3) is 0 Å². The predicted octanol–water partition coefficient (Wildman–Crippen LogP) is -0.569. The van der Waals surface area contributed by atoms with Crippen molar-refractivity contribution in [2.75, 3.05) is 26.4 Å². The quantitative estimate of drug-likeness (QED) is 0.564. The van der Waals surface area contributed by atoms with Gasteiger partial charge in [0.15, 0.2) is 12.3 Å². The van der Waals surface area contributed by atoms with Crippen LogP contribution in [0.25, 0.3) is 0 Å². The summed E-state index contributed by atoms with van der Waals surface area (Å²) in [7, 11) is 0. The molecule has 14 heavy (non-hydrogen) atoms. The van der Waals surface area contributed by atoms with Gasteiger partial charge in [-0.1, -0.05) is 0 Å². The summed E-state index contributed by atoms with van der Waals surface area (Å²) in [5.41, 5.74) is 0. The molecule has 2 saturated heterocycles. The Morgan fingerprint density at radius 1 is 0.786 bits per heavy atom. The number of aliphatic hydroxyl groups is 2. The number of alkyl halides is 2. The third-order valence-corrected chi connectivity index (χ3v) is 1.97. The first-order valence-electron chi connectivity index (χ1n) is 4.41. The Balaban J connectivity index is 0.000000140. The van der Waals surface area contributed by atoms with Gasteiger partial charge in [-0.15, -0.1) is 0 Å². The topological polar surface area (TPSA) is 58.9 Å². The summed E-state index contributed by atoms with van der Waals surface area (Å²) in [4.78, 5) is 0. The molecule has 0 aromatic carbocycles. The molecule has 0 aromatic heterocycles. The SMILES string of the molecule is O[C@@H]1COC[C@H]1F.O[C@H]1COC[C@@H]1F. The van der Waals surface area contributed by atoms with E-state index >= 15 is 0 Å². The Morgan fingerprint density at radius 3 is 1.21 bits per heavy atom. The van der Waals surface area contributed by atoms with E-state index in [9.17, 15) is 8.78 Å². The molecule has 0 amide bonds. The third-order valence-electron chi connectivity index (χ3n) is 1.97. The largest absolute Gasteiger partial charge is 0.388 e. The molecule has 2 aliphatic rings. The Morgan fingerprint density at radius 2 is 1.14 bits per heavy atom. The highest BCUT2D eigenvalue weighted by Gasteiger charge is 2.25. The monoisotopic (exact) mass is 212 g/mol. The van der Waals surface area contributed by atoms with Gasteiger partial charge in [0, 0.05) is 0 Å². The summed E-state index contributed by atoms with van der Waals surface area (Å²) in [5, 5.41) is 17.0. The first kappa shape index (κ1) is 11.8. The van der Waals surface area contributed by atoms with Crippen molar-refractivity contribution in [3.63, 3.8) is 0 Å². The highest BCUT2D eigenvalue weighted by atomic mass is 19.1. The molecule has 4 nitrogen and oxygen atoms in total. The number of ether oxygens (including phenoxy) is 2. The van der Waals surface area contributed by atoms with Crippen LogP contribution in [0.1, 0.15) is 0 Å². The van der Waals surface area contributed by atoms with Crippen LogP contribution in [0.2, 0.25) is 0 Å². The maximum atomic E-state index is 11.9. The van der Waals surface area contributed by atoms with E-state index in [2.05, 4.69) is 9.47 Å². The molecule has 2 aliphatic heterocycles. The second kappa shape index (κ2) is 5.55. The molecular weight excluding hydrogens is 198 g/mol. The van der Waals surface area contributed by atoms with Crippen LogP contribution in [-0.4, -0.2) is 61.2 Å². The van der Waals surface area contributed by atoms with Gasteiger partial charge in [0.1, 0.15) is 12.2 Å². The van der Waals surface area contributed by atoms with Gasteiger partial charge in [-0.3, -0.25) is 0 Å². The molecule has 0 aliphatic carbocycles. The fraction of sp³-hybridized carbons (Fsp3) is 1.00. The molecule has 0 spiro atoms. The van der Waals surface area contributed by atoms with Gasteiger partial charge in [-0.05, 0) is 0 Å². The molecule has 0 saturated carbocycles. The summed E-state index contributed by atoms with van der Waals surface area (Å²) < 4.78 is 33.0. The van der Waals surface area contributed by atoms with Crippen LogP contribution in [-0.2, 0) is 9.47 Å². The van der Waals surface area contributed by atoms with Gasteiger partial charge >= 0.3 is 0 Å². The van der Waals surface area contributed by atoms with Crippen LogP contribution < -0.4 is 0 Å². The Bertz CT molecular complexity index is 135. The molecule has 6 heteroatoms. The van der Waals surface area contributed by atoms with E-state index in [-0.39, 0.29) is 26.4 Å². The molecule has 2 N–H and O–H groups in total. The highest BCUT2D eigenvalue weighted by molar-refractivity contribution is 4.72.